The van der Waals surface area contributed by atoms with Crippen LogP contribution in [0.15, 0.2) is 0 Å². The van der Waals surface area contributed by atoms with E-state index in [1.807, 2.05) is 0 Å². The highest BCUT2D eigenvalue weighted by Gasteiger charge is 2.51. The molecular weight excluding hydrogens is 236 g/mol. The lowest BCUT2D eigenvalue weighted by Gasteiger charge is -2.31. The molecular formula is C12H22N2O4. The Kier molecular flexibility index (Phi) is 3.90. The first-order valence-electron chi connectivity index (χ1n) is 5.99. The summed E-state index contributed by atoms with van der Waals surface area (Å²) in [6.07, 6.45) is -0.0775. The summed E-state index contributed by atoms with van der Waals surface area (Å²) in [5, 5.41) is 0. The molecule has 2 unspecified atom stereocenters. The smallest absolute Gasteiger partial charge is 0.410 e. The summed E-state index contributed by atoms with van der Waals surface area (Å²) in [7, 11) is 1.29. The van der Waals surface area contributed by atoms with Crippen molar-refractivity contribution < 1.29 is 19.1 Å². The minimum atomic E-state index is -1.15. The van der Waals surface area contributed by atoms with Crippen LogP contribution in [0.2, 0.25) is 0 Å². The molecule has 0 aliphatic carbocycles. The highest BCUT2D eigenvalue weighted by atomic mass is 16.6. The van der Waals surface area contributed by atoms with Crippen LogP contribution in [-0.4, -0.2) is 47.8 Å². The van der Waals surface area contributed by atoms with Crippen LogP contribution in [0.5, 0.6) is 0 Å². The molecule has 18 heavy (non-hydrogen) atoms. The fraction of sp³-hybridized carbons (Fsp3) is 0.833. The Hall–Kier alpha value is -1.30. The van der Waals surface area contributed by atoms with Crippen LogP contribution in [0.4, 0.5) is 4.79 Å². The average molecular weight is 258 g/mol. The Morgan fingerprint density at radius 3 is 2.39 bits per heavy atom. The minimum absolute atomic E-state index is 0.375. The van der Waals surface area contributed by atoms with E-state index < -0.39 is 29.2 Å². The molecule has 1 aliphatic heterocycles. The molecule has 0 aromatic carbocycles. The summed E-state index contributed by atoms with van der Waals surface area (Å²) in [4.78, 5) is 25.1. The molecule has 1 fully saturated rings. The van der Waals surface area contributed by atoms with Crippen LogP contribution in [0.3, 0.4) is 0 Å². The number of hydrogen-bond donors (Lipinski definition) is 1. The lowest BCUT2D eigenvalue weighted by Crippen LogP contribution is -2.57. The summed E-state index contributed by atoms with van der Waals surface area (Å²) in [5.41, 5.74) is 4.31. The molecule has 1 heterocycles. The largest absolute Gasteiger partial charge is 0.468 e. The van der Waals surface area contributed by atoms with Gasteiger partial charge in [0.1, 0.15) is 11.1 Å². The summed E-state index contributed by atoms with van der Waals surface area (Å²) >= 11 is 0. The van der Waals surface area contributed by atoms with E-state index in [0.717, 1.165) is 0 Å². The summed E-state index contributed by atoms with van der Waals surface area (Å²) in [5.74, 6) is -0.499. The molecule has 1 amide bonds. The third kappa shape index (κ3) is 2.75. The van der Waals surface area contributed by atoms with Gasteiger partial charge in [0.2, 0.25) is 0 Å². The van der Waals surface area contributed by atoms with E-state index in [0.29, 0.717) is 13.0 Å². The summed E-state index contributed by atoms with van der Waals surface area (Å²) in [6.45, 7) is 7.50. The van der Waals surface area contributed by atoms with Gasteiger partial charge in [-0.1, -0.05) is 0 Å². The van der Waals surface area contributed by atoms with Crippen LogP contribution in [-0.2, 0) is 14.3 Å². The van der Waals surface area contributed by atoms with Gasteiger partial charge in [0.05, 0.1) is 13.2 Å². The van der Waals surface area contributed by atoms with Gasteiger partial charge in [-0.25, -0.2) is 9.59 Å². The number of methoxy groups -OCH3 is 1. The quantitative estimate of drug-likeness (QED) is 0.706. The van der Waals surface area contributed by atoms with E-state index in [4.69, 9.17) is 15.2 Å². The third-order valence-corrected chi connectivity index (χ3v) is 3.17. The van der Waals surface area contributed by atoms with Gasteiger partial charge in [-0.3, -0.25) is 0 Å². The Bertz CT molecular complexity index is 350. The molecule has 0 saturated carbocycles. The molecule has 2 atom stereocenters. The van der Waals surface area contributed by atoms with Crippen LogP contribution in [0.1, 0.15) is 34.1 Å². The monoisotopic (exact) mass is 258 g/mol. The maximum atomic E-state index is 12.0. The number of nitrogens with zero attached hydrogens (tertiary/aromatic N) is 1. The first-order chi connectivity index (χ1) is 8.12. The van der Waals surface area contributed by atoms with Gasteiger partial charge in [-0.2, -0.15) is 0 Å². The predicted octanol–water partition coefficient (Wildman–Crippen LogP) is 0.886. The van der Waals surface area contributed by atoms with Crippen molar-refractivity contribution >= 4 is 12.1 Å². The van der Waals surface area contributed by atoms with Gasteiger partial charge in [0.15, 0.2) is 0 Å². The van der Waals surface area contributed by atoms with Crippen LogP contribution in [0, 0.1) is 0 Å². The number of esters is 1. The van der Waals surface area contributed by atoms with Crippen LogP contribution >= 0.6 is 0 Å². The van der Waals surface area contributed by atoms with E-state index in [9.17, 15) is 9.59 Å². The lowest BCUT2D eigenvalue weighted by atomic mass is 9.93. The zero-order chi connectivity index (χ0) is 14.1. The minimum Gasteiger partial charge on any atom is -0.468 e. The SMILES string of the molecule is COC(=O)C1(N)CCN(C(=O)OC(C)(C)C)C1C. The second-order valence-corrected chi connectivity index (χ2v) is 5.63. The van der Waals surface area contributed by atoms with Gasteiger partial charge in [0.25, 0.3) is 0 Å². The van der Waals surface area contributed by atoms with Crippen molar-refractivity contribution in [3.63, 3.8) is 0 Å². The molecule has 0 aromatic heterocycles. The zero-order valence-electron chi connectivity index (χ0n) is 11.6. The van der Waals surface area contributed by atoms with E-state index in [1.54, 1.807) is 27.7 Å². The predicted molar refractivity (Wildman–Crippen MR) is 66.0 cm³/mol. The molecule has 104 valence electrons. The van der Waals surface area contributed by atoms with Crippen LogP contribution in [0.25, 0.3) is 0 Å². The molecule has 6 nitrogen and oxygen atoms in total. The Labute approximate surface area is 107 Å². The number of amides is 1. The van der Waals surface area contributed by atoms with E-state index in [1.165, 1.54) is 12.0 Å². The van der Waals surface area contributed by atoms with E-state index in [2.05, 4.69) is 0 Å². The number of likely N-dealkylation sites (tertiary alicyclic amines) is 1. The van der Waals surface area contributed by atoms with Gasteiger partial charge < -0.3 is 20.1 Å². The Morgan fingerprint density at radius 2 is 1.94 bits per heavy atom. The molecule has 1 rings (SSSR count). The molecule has 0 bridgehead atoms. The molecule has 1 aliphatic rings. The molecule has 2 N–H and O–H groups in total. The highest BCUT2D eigenvalue weighted by molar-refractivity contribution is 5.83. The third-order valence-electron chi connectivity index (χ3n) is 3.17. The fourth-order valence-electron chi connectivity index (χ4n) is 2.02. The first kappa shape index (κ1) is 14.8. The van der Waals surface area contributed by atoms with Crippen molar-refractivity contribution in [2.75, 3.05) is 13.7 Å². The van der Waals surface area contributed by atoms with Crippen molar-refractivity contribution in [1.82, 2.24) is 4.90 Å². The van der Waals surface area contributed by atoms with Crippen molar-refractivity contribution in [3.8, 4) is 0 Å². The highest BCUT2D eigenvalue weighted by Crippen LogP contribution is 2.28. The average Bonchev–Trinajstić information content (AvgIpc) is 2.53. The first-order valence-corrected chi connectivity index (χ1v) is 5.99. The molecule has 0 aromatic rings. The van der Waals surface area contributed by atoms with Gasteiger partial charge >= 0.3 is 12.1 Å². The standard InChI is InChI=1S/C12H22N2O4/c1-8-12(13,9(15)17-5)6-7-14(8)10(16)18-11(2,3)4/h8H,6-7,13H2,1-5H3. The second kappa shape index (κ2) is 4.76. The number of carbonyl (C=O) groups is 2. The van der Waals surface area contributed by atoms with E-state index >= 15 is 0 Å². The fourth-order valence-corrected chi connectivity index (χ4v) is 2.02. The lowest BCUT2D eigenvalue weighted by molar-refractivity contribution is -0.147. The second-order valence-electron chi connectivity index (χ2n) is 5.63. The number of rotatable bonds is 1. The van der Waals surface area contributed by atoms with Crippen molar-refractivity contribution in [2.24, 2.45) is 5.73 Å². The summed E-state index contributed by atoms with van der Waals surface area (Å²) in [6, 6.07) is -0.445. The molecule has 0 radical (unpaired) electrons. The number of hydrogen-bond acceptors (Lipinski definition) is 5. The molecule has 1 saturated heterocycles. The molecule has 6 heteroatoms. The van der Waals surface area contributed by atoms with Gasteiger partial charge in [0, 0.05) is 6.54 Å². The maximum absolute atomic E-state index is 12.0. The Balaban J connectivity index is 2.79. The topological polar surface area (TPSA) is 81.9 Å². The number of nitrogens with two attached hydrogens (primary N) is 1. The summed E-state index contributed by atoms with van der Waals surface area (Å²) < 4.78 is 9.97. The number of carbonyl (C=O) groups excluding carboxylic acids is 2. The van der Waals surface area contributed by atoms with Crippen LogP contribution < -0.4 is 5.73 Å². The van der Waals surface area contributed by atoms with Gasteiger partial charge in [-0.15, -0.1) is 0 Å². The van der Waals surface area contributed by atoms with Gasteiger partial charge in [-0.05, 0) is 34.1 Å². The zero-order valence-corrected chi connectivity index (χ0v) is 11.6. The van der Waals surface area contributed by atoms with Crippen molar-refractivity contribution in [3.05, 3.63) is 0 Å². The Morgan fingerprint density at radius 1 is 1.39 bits per heavy atom. The number of ether oxygens (including phenoxy) is 2. The normalized spacial score (nSPS) is 28.1. The van der Waals surface area contributed by atoms with E-state index in [-0.39, 0.29) is 0 Å². The molecule has 0 spiro atoms. The van der Waals surface area contributed by atoms with Crippen molar-refractivity contribution in [2.45, 2.75) is 51.3 Å². The maximum Gasteiger partial charge on any atom is 0.410 e. The van der Waals surface area contributed by atoms with Crippen molar-refractivity contribution in [1.29, 1.82) is 0 Å².